The molecule has 2 atom stereocenters. The molecule has 1 aliphatic heterocycles. The zero-order valence-corrected chi connectivity index (χ0v) is 9.32. The van der Waals surface area contributed by atoms with Gasteiger partial charge in [-0.15, -0.1) is 10.3 Å². The number of hydrogen-bond acceptors (Lipinski definition) is 1. The summed E-state index contributed by atoms with van der Waals surface area (Å²) >= 11 is 0. The van der Waals surface area contributed by atoms with Gasteiger partial charge in [0.15, 0.2) is 0 Å². The normalized spacial score (nSPS) is 38.6. The minimum Gasteiger partial charge on any atom is -0.143 e. The Morgan fingerprint density at radius 3 is 1.64 bits per heavy atom. The molecule has 0 spiro atoms. The Morgan fingerprint density at radius 1 is 0.929 bits per heavy atom. The second-order valence-electron chi connectivity index (χ2n) is 5.42. The van der Waals surface area contributed by atoms with Crippen LogP contribution in [0.25, 0.3) is 0 Å². The summed E-state index contributed by atoms with van der Waals surface area (Å²) in [7, 11) is 0. The predicted molar refractivity (Wildman–Crippen MR) is 55.9 cm³/mol. The lowest BCUT2D eigenvalue weighted by Crippen LogP contribution is -2.46. The maximum absolute atomic E-state index is 12.2. The van der Waals surface area contributed by atoms with Crippen molar-refractivity contribution >= 4 is 0 Å². The van der Waals surface area contributed by atoms with E-state index in [2.05, 4.69) is 24.3 Å². The summed E-state index contributed by atoms with van der Waals surface area (Å²) < 4.78 is 0. The summed E-state index contributed by atoms with van der Waals surface area (Å²) in [6.07, 6.45) is 8.45. The Labute approximate surface area is 85.9 Å². The lowest BCUT2D eigenvalue weighted by Gasteiger charge is -2.33. The fraction of sp³-hybridized carbons (Fsp3) is 0.667. The minimum atomic E-state index is -0.282. The van der Waals surface area contributed by atoms with Gasteiger partial charge in [0.05, 0.1) is 11.1 Å². The van der Waals surface area contributed by atoms with Gasteiger partial charge in [-0.2, -0.15) is 0 Å². The third-order valence-corrected chi connectivity index (χ3v) is 3.81. The van der Waals surface area contributed by atoms with Crippen molar-refractivity contribution in [1.29, 1.82) is 0 Å². The maximum atomic E-state index is 12.2. The molecule has 2 unspecified atom stereocenters. The predicted octanol–water partition coefficient (Wildman–Crippen LogP) is 2.56. The van der Waals surface area contributed by atoms with Gasteiger partial charge in [0, 0.05) is 11.8 Å². The largest absolute Gasteiger partial charge is 0.143 e. The van der Waals surface area contributed by atoms with Crippen LogP contribution in [0.5, 0.6) is 0 Å². The van der Waals surface area contributed by atoms with Gasteiger partial charge in [-0.25, -0.2) is 0 Å². The van der Waals surface area contributed by atoms with Crippen molar-refractivity contribution in [2.75, 3.05) is 0 Å². The van der Waals surface area contributed by atoms with E-state index in [0.29, 0.717) is 11.8 Å². The van der Waals surface area contributed by atoms with Crippen LogP contribution in [-0.4, -0.2) is 16.1 Å². The molecule has 0 aromatic carbocycles. The molecule has 0 N–H and O–H groups in total. The van der Waals surface area contributed by atoms with Crippen LogP contribution in [0.1, 0.15) is 27.7 Å². The van der Waals surface area contributed by atoms with Crippen LogP contribution < -0.4 is 0 Å². The van der Waals surface area contributed by atoms with Crippen LogP contribution in [0.3, 0.4) is 0 Å². The van der Waals surface area contributed by atoms with Gasteiger partial charge in [0.1, 0.15) is 0 Å². The van der Waals surface area contributed by atoms with E-state index in [9.17, 15) is 5.21 Å². The van der Waals surface area contributed by atoms with Crippen molar-refractivity contribution in [1.82, 2.24) is 5.06 Å². The molecule has 14 heavy (non-hydrogen) atoms. The first-order valence-electron chi connectivity index (χ1n) is 5.21. The van der Waals surface area contributed by atoms with Gasteiger partial charge < -0.3 is 0 Å². The Bertz CT molecular complexity index is 271. The molecule has 0 amide bonds. The standard InChI is InChI=1S/C12H18NO/c1-11(2)9-7-5-6-8-10(9)12(3,4)13(11)14/h5-10H,1-4H3. The topological polar surface area (TPSA) is 23.1 Å². The summed E-state index contributed by atoms with van der Waals surface area (Å²) in [5.74, 6) is 0.694. The van der Waals surface area contributed by atoms with Crippen LogP contribution in [0.15, 0.2) is 24.3 Å². The zero-order chi connectivity index (χ0) is 10.6. The molecule has 0 aromatic heterocycles. The molecule has 0 bridgehead atoms. The molecule has 2 aliphatic rings. The van der Waals surface area contributed by atoms with Crippen LogP contribution in [0, 0.1) is 11.8 Å². The van der Waals surface area contributed by atoms with E-state index in [1.165, 1.54) is 5.06 Å². The monoisotopic (exact) mass is 192 g/mol. The molecule has 1 fully saturated rings. The Hall–Kier alpha value is -0.600. The van der Waals surface area contributed by atoms with Crippen molar-refractivity contribution in [3.05, 3.63) is 24.3 Å². The number of hydrogen-bond donors (Lipinski definition) is 0. The Morgan fingerprint density at radius 2 is 1.29 bits per heavy atom. The van der Waals surface area contributed by atoms with E-state index >= 15 is 0 Å². The summed E-state index contributed by atoms with van der Waals surface area (Å²) in [6.45, 7) is 8.15. The Balaban J connectivity index is 2.46. The van der Waals surface area contributed by atoms with E-state index in [1.807, 2.05) is 27.7 Å². The maximum Gasteiger partial charge on any atom is 0.0512 e. The minimum absolute atomic E-state index is 0.282. The van der Waals surface area contributed by atoms with Gasteiger partial charge >= 0.3 is 0 Å². The first-order valence-corrected chi connectivity index (χ1v) is 5.21. The third kappa shape index (κ3) is 1.04. The van der Waals surface area contributed by atoms with E-state index in [-0.39, 0.29) is 11.1 Å². The number of rotatable bonds is 0. The zero-order valence-electron chi connectivity index (χ0n) is 9.32. The second kappa shape index (κ2) is 2.71. The molecule has 77 valence electrons. The summed E-state index contributed by atoms with van der Waals surface area (Å²) in [6, 6.07) is 0. The summed E-state index contributed by atoms with van der Waals surface area (Å²) in [5, 5.41) is 13.4. The highest BCUT2D eigenvalue weighted by Gasteiger charge is 2.57. The molecule has 0 saturated carbocycles. The number of nitrogens with zero attached hydrogens (tertiary/aromatic N) is 1. The fourth-order valence-electron chi connectivity index (χ4n) is 2.97. The molecule has 2 nitrogen and oxygen atoms in total. The average molecular weight is 192 g/mol. The van der Waals surface area contributed by atoms with Crippen molar-refractivity contribution in [3.63, 3.8) is 0 Å². The third-order valence-electron chi connectivity index (χ3n) is 3.81. The van der Waals surface area contributed by atoms with E-state index < -0.39 is 0 Å². The van der Waals surface area contributed by atoms with Crippen LogP contribution in [0.4, 0.5) is 0 Å². The van der Waals surface area contributed by atoms with Gasteiger partial charge in [0.2, 0.25) is 0 Å². The van der Waals surface area contributed by atoms with Gasteiger partial charge in [-0.1, -0.05) is 24.3 Å². The van der Waals surface area contributed by atoms with Crippen molar-refractivity contribution in [2.45, 2.75) is 38.8 Å². The quantitative estimate of drug-likeness (QED) is 0.578. The van der Waals surface area contributed by atoms with E-state index in [4.69, 9.17) is 0 Å². The molecular formula is C12H18NO. The van der Waals surface area contributed by atoms with Crippen molar-refractivity contribution in [2.24, 2.45) is 11.8 Å². The van der Waals surface area contributed by atoms with Crippen LogP contribution in [0.2, 0.25) is 0 Å². The van der Waals surface area contributed by atoms with E-state index in [1.54, 1.807) is 0 Å². The highest BCUT2D eigenvalue weighted by molar-refractivity contribution is 5.25. The lowest BCUT2D eigenvalue weighted by molar-refractivity contribution is -0.249. The summed E-state index contributed by atoms with van der Waals surface area (Å²) in [5.41, 5.74) is -0.565. The van der Waals surface area contributed by atoms with E-state index in [0.717, 1.165) is 0 Å². The average Bonchev–Trinajstić information content (AvgIpc) is 2.28. The first-order chi connectivity index (χ1) is 6.38. The van der Waals surface area contributed by atoms with Gasteiger partial charge in [0.25, 0.3) is 0 Å². The molecule has 1 radical (unpaired) electrons. The van der Waals surface area contributed by atoms with Crippen LogP contribution in [-0.2, 0) is 5.21 Å². The first kappa shape index (κ1) is 9.94. The Kier molecular flexibility index (Phi) is 1.92. The van der Waals surface area contributed by atoms with Crippen molar-refractivity contribution in [3.8, 4) is 0 Å². The molecule has 1 saturated heterocycles. The smallest absolute Gasteiger partial charge is 0.0512 e. The number of allylic oxidation sites excluding steroid dienone is 2. The highest BCUT2D eigenvalue weighted by atomic mass is 16.5. The second-order valence-corrected chi connectivity index (χ2v) is 5.42. The number of fused-ring (bicyclic) bond motifs is 1. The molecular weight excluding hydrogens is 174 g/mol. The molecule has 0 aromatic rings. The van der Waals surface area contributed by atoms with Gasteiger partial charge in [-0.3, -0.25) is 0 Å². The van der Waals surface area contributed by atoms with Crippen LogP contribution >= 0.6 is 0 Å². The highest BCUT2D eigenvalue weighted by Crippen LogP contribution is 2.50. The summed E-state index contributed by atoms with van der Waals surface area (Å²) in [4.78, 5) is 0. The lowest BCUT2D eigenvalue weighted by atomic mass is 9.75. The molecule has 1 heterocycles. The SMILES string of the molecule is CC1(C)C2C=CC=CC2C(C)(C)N1[O]. The van der Waals surface area contributed by atoms with Gasteiger partial charge in [-0.05, 0) is 27.7 Å². The van der Waals surface area contributed by atoms with Crippen molar-refractivity contribution < 1.29 is 5.21 Å². The fourth-order valence-corrected chi connectivity index (χ4v) is 2.97. The molecule has 1 aliphatic carbocycles. The molecule has 2 heteroatoms. The molecule has 2 rings (SSSR count). The number of hydroxylamine groups is 2.